The van der Waals surface area contributed by atoms with E-state index >= 15 is 0 Å². The Balaban J connectivity index is 2.41. The maximum absolute atomic E-state index is 12.0. The molecule has 96 valence electrons. The number of hydrogen-bond donors (Lipinski definition) is 1. The second kappa shape index (κ2) is 6.77. The topological polar surface area (TPSA) is 46.3 Å². The van der Waals surface area contributed by atoms with Gasteiger partial charge in [0.25, 0.3) is 0 Å². The van der Waals surface area contributed by atoms with Crippen molar-refractivity contribution in [3.05, 3.63) is 22.4 Å². The van der Waals surface area contributed by atoms with E-state index in [9.17, 15) is 4.79 Å². The fourth-order valence-corrected chi connectivity index (χ4v) is 2.29. The van der Waals surface area contributed by atoms with E-state index in [-0.39, 0.29) is 17.9 Å². The minimum absolute atomic E-state index is 0.0518. The second-order valence-corrected chi connectivity index (χ2v) is 5.53. The van der Waals surface area contributed by atoms with Crippen LogP contribution in [0.4, 0.5) is 0 Å². The molecule has 1 amide bonds. The maximum atomic E-state index is 12.0. The number of thiophene rings is 1. The number of hydrogen-bond acceptors (Lipinski definition) is 3. The van der Waals surface area contributed by atoms with Crippen molar-refractivity contribution < 1.29 is 4.79 Å². The third-order valence-corrected chi connectivity index (χ3v) is 4.13. The monoisotopic (exact) mass is 254 g/mol. The molecule has 2 unspecified atom stereocenters. The first kappa shape index (κ1) is 14.2. The van der Waals surface area contributed by atoms with Crippen LogP contribution in [0.25, 0.3) is 0 Å². The summed E-state index contributed by atoms with van der Waals surface area (Å²) >= 11 is 1.73. The Bertz CT molecular complexity index is 337. The van der Waals surface area contributed by atoms with Crippen LogP contribution in [-0.4, -0.2) is 30.4 Å². The summed E-state index contributed by atoms with van der Waals surface area (Å²) in [7, 11) is 1.83. The fraction of sp³-hybridized carbons (Fsp3) is 0.615. The van der Waals surface area contributed by atoms with Gasteiger partial charge >= 0.3 is 0 Å². The lowest BCUT2D eigenvalue weighted by atomic mass is 9.99. The van der Waals surface area contributed by atoms with E-state index in [2.05, 4.69) is 18.4 Å². The lowest BCUT2D eigenvalue weighted by Crippen LogP contribution is -2.46. The van der Waals surface area contributed by atoms with E-state index in [1.807, 2.05) is 20.0 Å². The first-order chi connectivity index (χ1) is 8.06. The van der Waals surface area contributed by atoms with Gasteiger partial charge in [0.2, 0.25) is 5.91 Å². The Morgan fingerprint density at radius 1 is 1.59 bits per heavy atom. The van der Waals surface area contributed by atoms with Crippen molar-refractivity contribution >= 4 is 17.2 Å². The van der Waals surface area contributed by atoms with Crippen molar-refractivity contribution in [3.8, 4) is 0 Å². The Kier molecular flexibility index (Phi) is 5.65. The summed E-state index contributed by atoms with van der Waals surface area (Å²) in [5.74, 6) is 0.294. The van der Waals surface area contributed by atoms with Crippen LogP contribution < -0.4 is 5.73 Å². The molecule has 1 heterocycles. The van der Waals surface area contributed by atoms with Crippen LogP contribution in [-0.2, 0) is 11.2 Å². The summed E-state index contributed by atoms with van der Waals surface area (Å²) in [5, 5.41) is 2.06. The SMILES string of the molecule is CCC(C)C(N)C(=O)N(C)CCc1cccs1. The largest absolute Gasteiger partial charge is 0.344 e. The molecule has 1 aromatic rings. The van der Waals surface area contributed by atoms with Gasteiger partial charge in [-0.1, -0.05) is 26.3 Å². The Morgan fingerprint density at radius 3 is 2.82 bits per heavy atom. The van der Waals surface area contributed by atoms with E-state index in [1.54, 1.807) is 16.2 Å². The van der Waals surface area contributed by atoms with Gasteiger partial charge in [-0.2, -0.15) is 0 Å². The van der Waals surface area contributed by atoms with Crippen molar-refractivity contribution in [2.75, 3.05) is 13.6 Å². The molecule has 0 spiro atoms. The number of nitrogens with zero attached hydrogens (tertiary/aromatic N) is 1. The van der Waals surface area contributed by atoms with Crippen LogP contribution in [0.3, 0.4) is 0 Å². The third kappa shape index (κ3) is 4.13. The lowest BCUT2D eigenvalue weighted by molar-refractivity contribution is -0.132. The van der Waals surface area contributed by atoms with E-state index in [4.69, 9.17) is 5.73 Å². The number of likely N-dealkylation sites (N-methyl/N-ethyl adjacent to an activating group) is 1. The Hall–Kier alpha value is -0.870. The third-order valence-electron chi connectivity index (χ3n) is 3.19. The summed E-state index contributed by atoms with van der Waals surface area (Å²) in [4.78, 5) is 15.1. The Morgan fingerprint density at radius 2 is 2.29 bits per heavy atom. The van der Waals surface area contributed by atoms with Gasteiger partial charge in [0.1, 0.15) is 0 Å². The summed E-state index contributed by atoms with van der Waals surface area (Å²) in [6.07, 6.45) is 1.85. The molecule has 4 heteroatoms. The molecule has 0 radical (unpaired) electrons. The molecular formula is C13H22N2OS. The van der Waals surface area contributed by atoms with Crippen LogP contribution in [0.1, 0.15) is 25.1 Å². The zero-order valence-corrected chi connectivity index (χ0v) is 11.7. The summed E-state index contributed by atoms with van der Waals surface area (Å²) in [5.41, 5.74) is 5.93. The molecule has 0 saturated heterocycles. The van der Waals surface area contributed by atoms with Crippen molar-refractivity contribution in [1.82, 2.24) is 4.90 Å². The first-order valence-electron chi connectivity index (χ1n) is 6.09. The predicted molar refractivity (Wildman–Crippen MR) is 73.1 cm³/mol. The van der Waals surface area contributed by atoms with Crippen molar-refractivity contribution in [2.24, 2.45) is 11.7 Å². The van der Waals surface area contributed by atoms with Crippen LogP contribution in [0.5, 0.6) is 0 Å². The van der Waals surface area contributed by atoms with Gasteiger partial charge in [0.05, 0.1) is 6.04 Å². The lowest BCUT2D eigenvalue weighted by Gasteiger charge is -2.24. The molecule has 1 aromatic heterocycles. The molecule has 2 atom stereocenters. The van der Waals surface area contributed by atoms with Crippen LogP contribution >= 0.6 is 11.3 Å². The molecule has 0 aliphatic carbocycles. The average Bonchev–Trinajstić information content (AvgIpc) is 2.86. The zero-order valence-electron chi connectivity index (χ0n) is 10.8. The molecule has 0 aliphatic rings. The van der Waals surface area contributed by atoms with Crippen molar-refractivity contribution in [2.45, 2.75) is 32.7 Å². The van der Waals surface area contributed by atoms with Crippen molar-refractivity contribution in [1.29, 1.82) is 0 Å². The summed E-state index contributed by atoms with van der Waals surface area (Å²) < 4.78 is 0. The van der Waals surface area contributed by atoms with Crippen LogP contribution in [0.2, 0.25) is 0 Å². The molecule has 0 saturated carbocycles. The van der Waals surface area contributed by atoms with E-state index in [0.29, 0.717) is 0 Å². The molecule has 1 rings (SSSR count). The number of amides is 1. The van der Waals surface area contributed by atoms with Gasteiger partial charge in [0.15, 0.2) is 0 Å². The fourth-order valence-electron chi connectivity index (χ4n) is 1.59. The smallest absolute Gasteiger partial charge is 0.239 e. The molecule has 0 fully saturated rings. The highest BCUT2D eigenvalue weighted by molar-refractivity contribution is 7.09. The van der Waals surface area contributed by atoms with Gasteiger partial charge in [-0.05, 0) is 23.8 Å². The van der Waals surface area contributed by atoms with Gasteiger partial charge in [0, 0.05) is 18.5 Å². The minimum atomic E-state index is -0.367. The number of rotatable bonds is 6. The summed E-state index contributed by atoms with van der Waals surface area (Å²) in [6, 6.07) is 3.76. The molecular weight excluding hydrogens is 232 g/mol. The highest BCUT2D eigenvalue weighted by Crippen LogP contribution is 2.11. The van der Waals surface area contributed by atoms with Gasteiger partial charge < -0.3 is 10.6 Å². The standard InChI is InChI=1S/C13H22N2OS/c1-4-10(2)12(14)13(16)15(3)8-7-11-6-5-9-17-11/h5-6,9-10,12H,4,7-8,14H2,1-3H3. The quantitative estimate of drug-likeness (QED) is 0.845. The normalized spacial score (nSPS) is 14.4. The highest BCUT2D eigenvalue weighted by atomic mass is 32.1. The van der Waals surface area contributed by atoms with Crippen LogP contribution in [0.15, 0.2) is 17.5 Å². The highest BCUT2D eigenvalue weighted by Gasteiger charge is 2.22. The first-order valence-corrected chi connectivity index (χ1v) is 6.97. The number of carbonyl (C=O) groups is 1. The second-order valence-electron chi connectivity index (χ2n) is 4.50. The summed E-state index contributed by atoms with van der Waals surface area (Å²) in [6.45, 7) is 4.82. The van der Waals surface area contributed by atoms with E-state index in [1.165, 1.54) is 4.88 Å². The average molecular weight is 254 g/mol. The molecule has 3 nitrogen and oxygen atoms in total. The van der Waals surface area contributed by atoms with Gasteiger partial charge in [-0.15, -0.1) is 11.3 Å². The molecule has 0 aromatic carbocycles. The number of carbonyl (C=O) groups excluding carboxylic acids is 1. The molecule has 0 bridgehead atoms. The van der Waals surface area contributed by atoms with E-state index < -0.39 is 0 Å². The zero-order chi connectivity index (χ0) is 12.8. The molecule has 0 aliphatic heterocycles. The Labute approximate surface area is 108 Å². The predicted octanol–water partition coefficient (Wildman–Crippen LogP) is 2.12. The molecule has 2 N–H and O–H groups in total. The van der Waals surface area contributed by atoms with Gasteiger partial charge in [-0.3, -0.25) is 4.79 Å². The van der Waals surface area contributed by atoms with E-state index in [0.717, 1.165) is 19.4 Å². The minimum Gasteiger partial charge on any atom is -0.344 e. The van der Waals surface area contributed by atoms with Crippen LogP contribution in [0, 0.1) is 5.92 Å². The maximum Gasteiger partial charge on any atom is 0.239 e. The van der Waals surface area contributed by atoms with Gasteiger partial charge in [-0.25, -0.2) is 0 Å². The van der Waals surface area contributed by atoms with Crippen molar-refractivity contribution in [3.63, 3.8) is 0 Å². The number of nitrogens with two attached hydrogens (primary N) is 1. The molecule has 17 heavy (non-hydrogen) atoms.